The minimum absolute atomic E-state index is 0.316. The molecule has 0 heterocycles. The van der Waals surface area contributed by atoms with Crippen molar-refractivity contribution >= 4 is 11.9 Å². The highest BCUT2D eigenvalue weighted by atomic mass is 19.1. The van der Waals surface area contributed by atoms with E-state index >= 15 is 0 Å². The fourth-order valence-corrected chi connectivity index (χ4v) is 1.29. The van der Waals surface area contributed by atoms with Gasteiger partial charge in [0.05, 0.1) is 5.69 Å². The molecular formula is C13H9F2N. The van der Waals surface area contributed by atoms with Crippen LogP contribution in [0.3, 0.4) is 0 Å². The number of hydrogen-bond acceptors (Lipinski definition) is 1. The van der Waals surface area contributed by atoms with Crippen molar-refractivity contribution < 1.29 is 8.78 Å². The first kappa shape index (κ1) is 10.5. The lowest BCUT2D eigenvalue weighted by atomic mass is 10.2. The standard InChI is InChI=1S/C13H9F2N/c14-11-4-1-3-10(7-11)9-16-13-6-2-5-12(15)8-13/h1-9H. The summed E-state index contributed by atoms with van der Waals surface area (Å²) in [5.74, 6) is -0.655. The van der Waals surface area contributed by atoms with Crippen LogP contribution in [-0.4, -0.2) is 6.21 Å². The molecule has 2 aromatic carbocycles. The number of nitrogens with zero attached hydrogens (tertiary/aromatic N) is 1. The smallest absolute Gasteiger partial charge is 0.125 e. The average molecular weight is 217 g/mol. The van der Waals surface area contributed by atoms with Crippen molar-refractivity contribution in [1.29, 1.82) is 0 Å². The molecule has 0 aromatic heterocycles. The number of halogens is 2. The molecule has 2 aromatic rings. The van der Waals surface area contributed by atoms with Crippen LogP contribution in [0, 0.1) is 11.6 Å². The van der Waals surface area contributed by atoms with E-state index < -0.39 is 0 Å². The highest BCUT2D eigenvalue weighted by Gasteiger charge is 1.93. The van der Waals surface area contributed by atoms with Crippen LogP contribution in [0.2, 0.25) is 0 Å². The summed E-state index contributed by atoms with van der Waals surface area (Å²) in [7, 11) is 0. The van der Waals surface area contributed by atoms with Gasteiger partial charge in [-0.05, 0) is 35.9 Å². The van der Waals surface area contributed by atoms with Crippen molar-refractivity contribution in [3.8, 4) is 0 Å². The molecule has 80 valence electrons. The van der Waals surface area contributed by atoms with Crippen LogP contribution in [0.5, 0.6) is 0 Å². The van der Waals surface area contributed by atoms with Crippen molar-refractivity contribution in [3.63, 3.8) is 0 Å². The zero-order chi connectivity index (χ0) is 11.4. The van der Waals surface area contributed by atoms with E-state index in [0.29, 0.717) is 11.3 Å². The maximum atomic E-state index is 12.8. The molecule has 0 aliphatic heterocycles. The Morgan fingerprint density at radius 1 is 0.875 bits per heavy atom. The van der Waals surface area contributed by atoms with Crippen LogP contribution < -0.4 is 0 Å². The van der Waals surface area contributed by atoms with Gasteiger partial charge in [-0.25, -0.2) is 8.78 Å². The minimum Gasteiger partial charge on any atom is -0.256 e. The summed E-state index contributed by atoms with van der Waals surface area (Å²) in [6, 6.07) is 12.0. The zero-order valence-corrected chi connectivity index (χ0v) is 8.40. The van der Waals surface area contributed by atoms with E-state index in [1.165, 1.54) is 30.5 Å². The van der Waals surface area contributed by atoms with Crippen LogP contribution in [0.4, 0.5) is 14.5 Å². The quantitative estimate of drug-likeness (QED) is 0.680. The predicted molar refractivity (Wildman–Crippen MR) is 60.1 cm³/mol. The summed E-state index contributed by atoms with van der Waals surface area (Å²) in [6.07, 6.45) is 1.50. The molecule has 0 N–H and O–H groups in total. The molecule has 0 radical (unpaired) electrons. The minimum atomic E-state index is -0.339. The summed E-state index contributed by atoms with van der Waals surface area (Å²) >= 11 is 0. The summed E-state index contributed by atoms with van der Waals surface area (Å²) < 4.78 is 25.7. The normalized spacial score (nSPS) is 10.9. The summed E-state index contributed by atoms with van der Waals surface area (Å²) in [5.41, 5.74) is 1.15. The highest BCUT2D eigenvalue weighted by molar-refractivity contribution is 5.81. The van der Waals surface area contributed by atoms with Crippen LogP contribution in [-0.2, 0) is 0 Å². The molecular weight excluding hydrogens is 208 g/mol. The molecule has 2 rings (SSSR count). The van der Waals surface area contributed by atoms with E-state index in [4.69, 9.17) is 0 Å². The average Bonchev–Trinajstić information content (AvgIpc) is 2.27. The molecule has 0 saturated heterocycles. The van der Waals surface area contributed by atoms with Crippen molar-refractivity contribution in [2.24, 2.45) is 4.99 Å². The van der Waals surface area contributed by atoms with Crippen LogP contribution in [0.15, 0.2) is 53.5 Å². The van der Waals surface area contributed by atoms with Gasteiger partial charge in [-0.15, -0.1) is 0 Å². The van der Waals surface area contributed by atoms with Gasteiger partial charge in [0.25, 0.3) is 0 Å². The van der Waals surface area contributed by atoms with Crippen molar-refractivity contribution in [1.82, 2.24) is 0 Å². The van der Waals surface area contributed by atoms with Crippen LogP contribution in [0.25, 0.3) is 0 Å². The van der Waals surface area contributed by atoms with E-state index in [9.17, 15) is 8.78 Å². The van der Waals surface area contributed by atoms with E-state index in [-0.39, 0.29) is 11.6 Å². The second kappa shape index (κ2) is 4.66. The first-order valence-electron chi connectivity index (χ1n) is 4.79. The maximum Gasteiger partial charge on any atom is 0.125 e. The predicted octanol–water partition coefficient (Wildman–Crippen LogP) is 3.72. The van der Waals surface area contributed by atoms with E-state index in [1.807, 2.05) is 0 Å². The second-order valence-electron chi connectivity index (χ2n) is 3.29. The van der Waals surface area contributed by atoms with Gasteiger partial charge >= 0.3 is 0 Å². The van der Waals surface area contributed by atoms with Crippen molar-refractivity contribution in [2.45, 2.75) is 0 Å². The Bertz CT molecular complexity index is 473. The molecule has 0 fully saturated rings. The summed E-state index contributed by atoms with van der Waals surface area (Å²) in [5, 5.41) is 0. The Morgan fingerprint density at radius 2 is 1.56 bits per heavy atom. The molecule has 0 aliphatic rings. The third kappa shape index (κ3) is 2.73. The third-order valence-electron chi connectivity index (χ3n) is 2.02. The first-order valence-corrected chi connectivity index (χ1v) is 4.79. The monoisotopic (exact) mass is 217 g/mol. The van der Waals surface area contributed by atoms with Gasteiger partial charge in [0.15, 0.2) is 0 Å². The lowest BCUT2D eigenvalue weighted by Crippen LogP contribution is -1.82. The van der Waals surface area contributed by atoms with E-state index in [0.717, 1.165) is 0 Å². The summed E-state index contributed by atoms with van der Waals surface area (Å²) in [4.78, 5) is 4.05. The molecule has 0 amide bonds. The molecule has 0 bridgehead atoms. The number of benzene rings is 2. The number of rotatable bonds is 2. The van der Waals surface area contributed by atoms with Crippen molar-refractivity contribution in [2.75, 3.05) is 0 Å². The van der Waals surface area contributed by atoms with Gasteiger partial charge in [-0.1, -0.05) is 18.2 Å². The van der Waals surface area contributed by atoms with Crippen LogP contribution >= 0.6 is 0 Å². The Labute approximate surface area is 92.1 Å². The molecule has 3 heteroatoms. The lowest BCUT2D eigenvalue weighted by molar-refractivity contribution is 0.627. The van der Waals surface area contributed by atoms with Gasteiger partial charge in [-0.2, -0.15) is 0 Å². The molecule has 16 heavy (non-hydrogen) atoms. The third-order valence-corrected chi connectivity index (χ3v) is 2.02. The van der Waals surface area contributed by atoms with Gasteiger partial charge in [0.2, 0.25) is 0 Å². The van der Waals surface area contributed by atoms with E-state index in [2.05, 4.69) is 4.99 Å². The first-order chi connectivity index (χ1) is 7.74. The second-order valence-corrected chi connectivity index (χ2v) is 3.29. The molecule has 1 nitrogen and oxygen atoms in total. The zero-order valence-electron chi connectivity index (χ0n) is 8.40. The highest BCUT2D eigenvalue weighted by Crippen LogP contribution is 2.13. The fourth-order valence-electron chi connectivity index (χ4n) is 1.29. The lowest BCUT2D eigenvalue weighted by Gasteiger charge is -1.94. The van der Waals surface area contributed by atoms with Crippen molar-refractivity contribution in [3.05, 3.63) is 65.7 Å². The molecule has 0 atom stereocenters. The molecule has 0 saturated carbocycles. The molecule has 0 aliphatic carbocycles. The van der Waals surface area contributed by atoms with Gasteiger partial charge in [-0.3, -0.25) is 4.99 Å². The Kier molecular flexibility index (Phi) is 3.05. The number of aliphatic imine (C=N–C) groups is 1. The SMILES string of the molecule is Fc1cccc(C=Nc2cccc(F)c2)c1. The Hall–Kier alpha value is -2.03. The summed E-state index contributed by atoms with van der Waals surface area (Å²) in [6.45, 7) is 0. The Morgan fingerprint density at radius 3 is 2.25 bits per heavy atom. The fraction of sp³-hybridized carbons (Fsp3) is 0. The largest absolute Gasteiger partial charge is 0.256 e. The number of hydrogen-bond donors (Lipinski definition) is 0. The van der Waals surface area contributed by atoms with Crippen LogP contribution in [0.1, 0.15) is 5.56 Å². The van der Waals surface area contributed by atoms with Gasteiger partial charge in [0, 0.05) is 6.21 Å². The molecule has 0 spiro atoms. The maximum absolute atomic E-state index is 12.8. The topological polar surface area (TPSA) is 12.4 Å². The molecule has 0 unspecified atom stereocenters. The van der Waals surface area contributed by atoms with Gasteiger partial charge < -0.3 is 0 Å². The van der Waals surface area contributed by atoms with Gasteiger partial charge in [0.1, 0.15) is 11.6 Å². The Balaban J connectivity index is 2.21. The van der Waals surface area contributed by atoms with E-state index in [1.54, 1.807) is 24.3 Å².